The minimum Gasteiger partial charge on any atom is -0.462 e. The van der Waals surface area contributed by atoms with Crippen LogP contribution in [-0.4, -0.2) is 74.9 Å². The molecule has 2 atom stereocenters. The molecule has 0 radical (unpaired) electrons. The van der Waals surface area contributed by atoms with Crippen LogP contribution >= 0.6 is 7.82 Å². The van der Waals surface area contributed by atoms with E-state index in [0.29, 0.717) is 17.4 Å². The summed E-state index contributed by atoms with van der Waals surface area (Å²) in [6.45, 7) is 4.23. The summed E-state index contributed by atoms with van der Waals surface area (Å²) in [4.78, 5) is 35.5. The van der Waals surface area contributed by atoms with Gasteiger partial charge >= 0.3 is 19.8 Å². The normalized spacial score (nSPS) is 14.4. The molecule has 0 saturated heterocycles. The zero-order chi connectivity index (χ0) is 54.9. The van der Waals surface area contributed by atoms with E-state index < -0.39 is 26.5 Å². The third kappa shape index (κ3) is 59.0. The summed E-state index contributed by atoms with van der Waals surface area (Å²) in [5.41, 5.74) is 0. The van der Waals surface area contributed by atoms with Crippen LogP contribution in [0, 0.1) is 0 Å². The maximum absolute atomic E-state index is 12.8. The highest BCUT2D eigenvalue weighted by Gasteiger charge is 2.27. The highest BCUT2D eigenvalue weighted by atomic mass is 31.2. The van der Waals surface area contributed by atoms with Crippen LogP contribution in [0.3, 0.4) is 0 Å². The van der Waals surface area contributed by atoms with E-state index in [1.165, 1.54) is 57.8 Å². The van der Waals surface area contributed by atoms with Crippen molar-refractivity contribution in [2.45, 2.75) is 206 Å². The third-order valence-electron chi connectivity index (χ3n) is 11.6. The number of unbranched alkanes of at least 4 members (excludes halogenated alkanes) is 13. The zero-order valence-electron chi connectivity index (χ0n) is 48.0. The molecule has 9 nitrogen and oxygen atoms in total. The Hall–Kier alpha value is -4.11. The van der Waals surface area contributed by atoms with Gasteiger partial charge in [-0.2, -0.15) is 0 Å². The molecule has 424 valence electrons. The number of quaternary nitrogens is 1. The topological polar surface area (TPSA) is 108 Å². The average molecular weight is 1060 g/mol. The molecule has 10 heteroatoms. The lowest BCUT2D eigenvalue weighted by Crippen LogP contribution is -2.37. The first-order valence-corrected chi connectivity index (χ1v) is 30.6. The van der Waals surface area contributed by atoms with E-state index in [4.69, 9.17) is 18.5 Å². The number of nitrogens with zero attached hydrogens (tertiary/aromatic N) is 1. The summed E-state index contributed by atoms with van der Waals surface area (Å²) < 4.78 is 34.4. The Balaban J connectivity index is 4.22. The second-order valence-corrected chi connectivity index (χ2v) is 21.4. The summed E-state index contributed by atoms with van der Waals surface area (Å²) >= 11 is 0. The number of rotatable bonds is 51. The van der Waals surface area contributed by atoms with Crippen molar-refractivity contribution in [1.82, 2.24) is 0 Å². The molecule has 0 spiro atoms. The van der Waals surface area contributed by atoms with E-state index >= 15 is 0 Å². The van der Waals surface area contributed by atoms with Gasteiger partial charge in [-0.05, 0) is 103 Å². The maximum atomic E-state index is 12.8. The molecule has 0 fully saturated rings. The lowest BCUT2D eigenvalue weighted by Gasteiger charge is -2.24. The Labute approximate surface area is 459 Å². The fraction of sp³-hybridized carbons (Fsp3) is 0.600. The molecule has 0 aromatic heterocycles. The van der Waals surface area contributed by atoms with Crippen LogP contribution in [0.1, 0.15) is 200 Å². The van der Waals surface area contributed by atoms with Gasteiger partial charge in [0.05, 0.1) is 27.7 Å². The van der Waals surface area contributed by atoms with E-state index in [1.54, 1.807) is 0 Å². The first-order chi connectivity index (χ1) is 36.5. The number of phosphoric acid groups is 1. The van der Waals surface area contributed by atoms with Gasteiger partial charge in [0.25, 0.3) is 0 Å². The molecular weight excluding hydrogens is 954 g/mol. The summed E-state index contributed by atoms with van der Waals surface area (Å²) in [7, 11) is 1.43. The Bertz CT molecular complexity index is 1770. The smallest absolute Gasteiger partial charge is 0.462 e. The van der Waals surface area contributed by atoms with Gasteiger partial charge in [0, 0.05) is 12.8 Å². The molecule has 0 aromatic carbocycles. The highest BCUT2D eigenvalue weighted by molar-refractivity contribution is 7.47. The Morgan fingerprint density at radius 3 is 1.13 bits per heavy atom. The van der Waals surface area contributed by atoms with Crippen LogP contribution in [0.5, 0.6) is 0 Å². The quantitative estimate of drug-likeness (QED) is 0.0211. The molecule has 1 N–H and O–H groups in total. The summed E-state index contributed by atoms with van der Waals surface area (Å²) in [6, 6.07) is 0. The van der Waals surface area contributed by atoms with Gasteiger partial charge in [-0.3, -0.25) is 18.6 Å². The van der Waals surface area contributed by atoms with Crippen molar-refractivity contribution >= 4 is 19.8 Å². The molecule has 0 amide bonds. The number of ether oxygens (including phenoxy) is 2. The summed E-state index contributed by atoms with van der Waals surface area (Å²) in [5.74, 6) is -0.859. The SMILES string of the molecule is CC/C=C\C/C=C\C/C=C\C/C=C\C/C=C\C/C=C\C/C=C\C/C=C\C/C=C\C/C=C\C/C=C\C/C=C\CCCCC(=O)OC(COC(=O)CCCCCCCCCCCCCC)COP(=O)(O)OCC[N+](C)(C)C. The van der Waals surface area contributed by atoms with Gasteiger partial charge in [0.1, 0.15) is 19.8 Å². The largest absolute Gasteiger partial charge is 0.472 e. The van der Waals surface area contributed by atoms with E-state index in [2.05, 4.69) is 160 Å². The molecule has 0 bridgehead atoms. The zero-order valence-corrected chi connectivity index (χ0v) is 48.9. The van der Waals surface area contributed by atoms with Crippen LogP contribution in [0.4, 0.5) is 0 Å². The van der Waals surface area contributed by atoms with Crippen molar-refractivity contribution in [1.29, 1.82) is 0 Å². The van der Waals surface area contributed by atoms with Gasteiger partial charge in [-0.15, -0.1) is 0 Å². The minimum absolute atomic E-state index is 0.0165. The molecule has 0 aliphatic carbocycles. The molecule has 0 rings (SSSR count). The van der Waals surface area contributed by atoms with Gasteiger partial charge < -0.3 is 18.9 Å². The van der Waals surface area contributed by atoms with Gasteiger partial charge in [-0.25, -0.2) is 4.57 Å². The fourth-order valence-electron chi connectivity index (χ4n) is 7.17. The maximum Gasteiger partial charge on any atom is 0.472 e. The van der Waals surface area contributed by atoms with E-state index in [9.17, 15) is 19.0 Å². The predicted molar refractivity (Wildman–Crippen MR) is 320 cm³/mol. The van der Waals surface area contributed by atoms with Crippen LogP contribution in [0.15, 0.2) is 146 Å². The lowest BCUT2D eigenvalue weighted by molar-refractivity contribution is -0.870. The van der Waals surface area contributed by atoms with Gasteiger partial charge in [-0.1, -0.05) is 230 Å². The molecule has 0 aromatic rings. The number of allylic oxidation sites excluding steroid dienone is 24. The van der Waals surface area contributed by atoms with Crippen LogP contribution in [0.25, 0.3) is 0 Å². The molecule has 0 saturated carbocycles. The number of carbonyl (C=O) groups is 2. The van der Waals surface area contributed by atoms with E-state index in [-0.39, 0.29) is 32.0 Å². The van der Waals surface area contributed by atoms with Crippen LogP contribution < -0.4 is 0 Å². The molecule has 0 aliphatic rings. The van der Waals surface area contributed by atoms with Gasteiger partial charge in [0.2, 0.25) is 0 Å². The van der Waals surface area contributed by atoms with E-state index in [1.807, 2.05) is 21.1 Å². The first-order valence-electron chi connectivity index (χ1n) is 29.1. The average Bonchev–Trinajstić information content (AvgIpc) is 3.37. The highest BCUT2D eigenvalue weighted by Crippen LogP contribution is 2.43. The monoisotopic (exact) mass is 1060 g/mol. The number of phosphoric ester groups is 1. The number of hydrogen-bond donors (Lipinski definition) is 1. The van der Waals surface area contributed by atoms with Crippen LogP contribution in [-0.2, 0) is 32.7 Å². The molecule has 2 unspecified atom stereocenters. The number of hydrogen-bond acceptors (Lipinski definition) is 7. The minimum atomic E-state index is -4.40. The molecule has 75 heavy (non-hydrogen) atoms. The number of esters is 2. The second-order valence-electron chi connectivity index (χ2n) is 19.9. The Morgan fingerprint density at radius 2 is 0.760 bits per heavy atom. The lowest BCUT2D eigenvalue weighted by atomic mass is 10.0. The van der Waals surface area contributed by atoms with Crippen molar-refractivity contribution in [2.75, 3.05) is 47.5 Å². The van der Waals surface area contributed by atoms with E-state index in [0.717, 1.165) is 109 Å². The van der Waals surface area contributed by atoms with Crippen molar-refractivity contribution in [3.8, 4) is 0 Å². The molecular formula is C65H107NO8P+. The molecule has 0 aliphatic heterocycles. The fourth-order valence-corrected chi connectivity index (χ4v) is 7.91. The summed E-state index contributed by atoms with van der Waals surface area (Å²) in [6.07, 6.45) is 80.8. The van der Waals surface area contributed by atoms with Gasteiger partial charge in [0.15, 0.2) is 6.10 Å². The van der Waals surface area contributed by atoms with Crippen molar-refractivity contribution in [3.05, 3.63) is 146 Å². The second kappa shape index (κ2) is 54.7. The van der Waals surface area contributed by atoms with Crippen molar-refractivity contribution in [3.63, 3.8) is 0 Å². The predicted octanol–water partition coefficient (Wildman–Crippen LogP) is 18.3. The Kier molecular flexibility index (Phi) is 51.7. The Morgan fingerprint density at radius 1 is 0.427 bits per heavy atom. The third-order valence-corrected chi connectivity index (χ3v) is 12.6. The number of carbonyl (C=O) groups excluding carboxylic acids is 2. The first kappa shape index (κ1) is 70.9. The summed E-state index contributed by atoms with van der Waals surface area (Å²) in [5, 5.41) is 0. The van der Waals surface area contributed by atoms with Crippen molar-refractivity contribution in [2.24, 2.45) is 0 Å². The molecule has 0 heterocycles. The van der Waals surface area contributed by atoms with Crippen molar-refractivity contribution < 1.29 is 42.1 Å². The standard InChI is InChI=1S/C65H106NO8P/c1-6-8-10-12-14-16-18-20-21-22-23-24-25-26-27-28-29-30-31-32-33-34-35-36-37-38-39-40-41-42-43-44-45-46-48-50-52-54-56-58-65(68)74-63(62-73-75(69,70)72-60-59-66(3,4)5)61-71-64(67)57-55-53-51-49-47-19-17-15-13-11-9-7-2/h8,10,14,16,20-21,23-24,26-27,29-30,32-33,35-36,38-39,41-42,44-45,48,50,63H,6-7,9,11-13,15,17-19,22,25,28,31,34,37,40,43,46-47,49,51-62H2,1-5H3/p+1/b10-8-,16-14-,21-20-,24-23-,27-26-,30-29-,33-32-,36-35-,39-38-,42-41-,45-44-,50-48-. The van der Waals surface area contributed by atoms with Crippen LogP contribution in [0.2, 0.25) is 0 Å². The number of likely N-dealkylation sites (N-methyl/N-ethyl adjacent to an activating group) is 1.